The maximum absolute atomic E-state index is 12.2. The fourth-order valence-corrected chi connectivity index (χ4v) is 3.09. The average molecular weight is 373 g/mol. The molecule has 0 aliphatic carbocycles. The van der Waals surface area contributed by atoms with Gasteiger partial charge in [-0.1, -0.05) is 0 Å². The Labute approximate surface area is 154 Å². The molecule has 2 heterocycles. The number of rotatable bonds is 7. The van der Waals surface area contributed by atoms with Gasteiger partial charge in [-0.3, -0.25) is 9.59 Å². The van der Waals surface area contributed by atoms with Crippen LogP contribution in [0.25, 0.3) is 10.2 Å². The van der Waals surface area contributed by atoms with Gasteiger partial charge in [0.1, 0.15) is 22.0 Å². The maximum Gasteiger partial charge on any atom is 0.268 e. The molecule has 0 spiro atoms. The average Bonchev–Trinajstić information content (AvgIpc) is 3.10. The highest BCUT2D eigenvalue weighted by Crippen LogP contribution is 2.17. The number of benzene rings is 1. The number of carbonyl (C=O) groups excluding carboxylic acids is 1. The molecule has 0 saturated heterocycles. The Morgan fingerprint density at radius 3 is 2.58 bits per heavy atom. The second-order valence-electron chi connectivity index (χ2n) is 5.59. The van der Waals surface area contributed by atoms with Crippen molar-refractivity contribution in [3.05, 3.63) is 51.9 Å². The Morgan fingerprint density at radius 2 is 1.88 bits per heavy atom. The molecule has 136 valence electrons. The van der Waals surface area contributed by atoms with Crippen LogP contribution in [0.2, 0.25) is 0 Å². The van der Waals surface area contributed by atoms with E-state index in [4.69, 9.17) is 9.47 Å². The second kappa shape index (κ2) is 8.01. The summed E-state index contributed by atoms with van der Waals surface area (Å²) in [5.74, 6) is 1.56. The van der Waals surface area contributed by atoms with Crippen molar-refractivity contribution in [2.45, 2.75) is 13.5 Å². The first kappa shape index (κ1) is 17.9. The number of thiophene rings is 1. The van der Waals surface area contributed by atoms with Crippen LogP contribution in [0.3, 0.4) is 0 Å². The summed E-state index contributed by atoms with van der Waals surface area (Å²) in [6, 6.07) is 8.87. The van der Waals surface area contributed by atoms with E-state index in [1.807, 2.05) is 12.3 Å². The number of nitrogens with one attached hydrogen (secondary N) is 1. The fourth-order valence-electron chi connectivity index (χ4n) is 2.36. The van der Waals surface area contributed by atoms with E-state index in [0.29, 0.717) is 28.4 Å². The Balaban J connectivity index is 1.57. The second-order valence-corrected chi connectivity index (χ2v) is 6.51. The van der Waals surface area contributed by atoms with Gasteiger partial charge < -0.3 is 19.4 Å². The van der Waals surface area contributed by atoms with Gasteiger partial charge in [-0.15, -0.1) is 11.3 Å². The number of ether oxygens (including phenoxy) is 2. The van der Waals surface area contributed by atoms with Gasteiger partial charge in [-0.25, -0.2) is 4.98 Å². The number of likely N-dealkylation sites (N-methyl/N-ethyl adjacent to an activating group) is 1. The highest BCUT2D eigenvalue weighted by molar-refractivity contribution is 7.17. The number of aromatic nitrogens is 2. The highest BCUT2D eigenvalue weighted by Gasteiger charge is 2.13. The number of carbonyl (C=O) groups is 1. The van der Waals surface area contributed by atoms with Gasteiger partial charge in [0.2, 0.25) is 0 Å². The zero-order valence-electron chi connectivity index (χ0n) is 14.5. The van der Waals surface area contributed by atoms with Crippen molar-refractivity contribution in [3.63, 3.8) is 0 Å². The quantitative estimate of drug-likeness (QED) is 0.688. The van der Waals surface area contributed by atoms with Crippen molar-refractivity contribution >= 4 is 27.5 Å². The van der Waals surface area contributed by atoms with E-state index in [2.05, 4.69) is 9.97 Å². The lowest BCUT2D eigenvalue weighted by Gasteiger charge is -2.17. The van der Waals surface area contributed by atoms with Crippen LogP contribution in [0, 0.1) is 0 Å². The molecule has 1 aromatic carbocycles. The molecule has 1 N–H and O–H groups in total. The molecule has 26 heavy (non-hydrogen) atoms. The molecule has 8 heteroatoms. The number of nitrogens with zero attached hydrogens (tertiary/aromatic N) is 2. The van der Waals surface area contributed by atoms with E-state index in [1.54, 1.807) is 37.4 Å². The summed E-state index contributed by atoms with van der Waals surface area (Å²) in [5, 5.41) is 1.82. The van der Waals surface area contributed by atoms with E-state index in [0.717, 1.165) is 5.75 Å². The summed E-state index contributed by atoms with van der Waals surface area (Å²) in [7, 11) is 1.64. The standard InChI is InChI=1S/C18H19N3O4S/c1-3-24-12-4-6-13(7-5-12)25-11-16(22)21(2)10-15-19-14-8-9-26-17(14)18(23)20-15/h4-9H,3,10-11H2,1-2H3,(H,19,20,23). The Kier molecular flexibility index (Phi) is 5.52. The fraction of sp³-hybridized carbons (Fsp3) is 0.278. The first-order valence-corrected chi connectivity index (χ1v) is 9.01. The van der Waals surface area contributed by atoms with Gasteiger partial charge in [0.05, 0.1) is 18.7 Å². The number of H-pyrrole nitrogens is 1. The first-order chi connectivity index (χ1) is 12.6. The van der Waals surface area contributed by atoms with Crippen molar-refractivity contribution in [3.8, 4) is 11.5 Å². The summed E-state index contributed by atoms with van der Waals surface area (Å²) in [5.41, 5.74) is 0.451. The lowest BCUT2D eigenvalue weighted by molar-refractivity contribution is -0.132. The predicted octanol–water partition coefficient (Wildman–Crippen LogP) is 2.42. The monoisotopic (exact) mass is 373 g/mol. The first-order valence-electron chi connectivity index (χ1n) is 8.13. The van der Waals surface area contributed by atoms with E-state index in [1.165, 1.54) is 16.2 Å². The van der Waals surface area contributed by atoms with Crippen LogP contribution in [-0.2, 0) is 11.3 Å². The van der Waals surface area contributed by atoms with Gasteiger partial charge in [-0.05, 0) is 42.6 Å². The topological polar surface area (TPSA) is 84.5 Å². The lowest BCUT2D eigenvalue weighted by atomic mass is 10.3. The summed E-state index contributed by atoms with van der Waals surface area (Å²) in [6.45, 7) is 2.61. The molecule has 0 aliphatic heterocycles. The molecule has 7 nitrogen and oxygen atoms in total. The number of amides is 1. The summed E-state index contributed by atoms with van der Waals surface area (Å²) in [4.78, 5) is 32.8. The molecule has 3 rings (SSSR count). The molecule has 0 aliphatic rings. The van der Waals surface area contributed by atoms with Crippen molar-refractivity contribution < 1.29 is 14.3 Å². The van der Waals surface area contributed by atoms with Gasteiger partial charge in [-0.2, -0.15) is 0 Å². The lowest BCUT2D eigenvalue weighted by Crippen LogP contribution is -2.32. The minimum Gasteiger partial charge on any atom is -0.494 e. The molecular weight excluding hydrogens is 354 g/mol. The van der Waals surface area contributed by atoms with Crippen LogP contribution < -0.4 is 15.0 Å². The van der Waals surface area contributed by atoms with E-state index < -0.39 is 0 Å². The molecule has 1 amide bonds. The Hall–Kier alpha value is -2.87. The number of fused-ring (bicyclic) bond motifs is 1. The smallest absolute Gasteiger partial charge is 0.268 e. The van der Waals surface area contributed by atoms with E-state index >= 15 is 0 Å². The number of aromatic amines is 1. The molecule has 0 radical (unpaired) electrons. The van der Waals surface area contributed by atoms with Gasteiger partial charge in [0, 0.05) is 7.05 Å². The summed E-state index contributed by atoms with van der Waals surface area (Å²) in [6.07, 6.45) is 0. The Morgan fingerprint density at radius 1 is 1.19 bits per heavy atom. The molecule has 0 fully saturated rings. The van der Waals surface area contributed by atoms with Gasteiger partial charge >= 0.3 is 0 Å². The zero-order chi connectivity index (χ0) is 18.5. The largest absolute Gasteiger partial charge is 0.494 e. The number of hydrogen-bond acceptors (Lipinski definition) is 6. The van der Waals surface area contributed by atoms with Gasteiger partial charge in [0.25, 0.3) is 11.5 Å². The SMILES string of the molecule is CCOc1ccc(OCC(=O)N(C)Cc2nc3ccsc3c(=O)[nH]2)cc1. The molecule has 0 atom stereocenters. The van der Waals surface area contributed by atoms with Crippen LogP contribution in [0.15, 0.2) is 40.5 Å². The summed E-state index contributed by atoms with van der Waals surface area (Å²) >= 11 is 1.34. The van der Waals surface area contributed by atoms with Crippen LogP contribution in [0.4, 0.5) is 0 Å². The molecular formula is C18H19N3O4S. The molecule has 2 aromatic heterocycles. The van der Waals surface area contributed by atoms with Crippen molar-refractivity contribution in [2.24, 2.45) is 0 Å². The molecule has 0 unspecified atom stereocenters. The minimum atomic E-state index is -0.216. The van der Waals surface area contributed by atoms with Crippen LogP contribution in [0.5, 0.6) is 11.5 Å². The van der Waals surface area contributed by atoms with Crippen molar-refractivity contribution in [1.29, 1.82) is 0 Å². The molecule has 0 saturated carbocycles. The third kappa shape index (κ3) is 4.20. The Bertz CT molecular complexity index is 949. The highest BCUT2D eigenvalue weighted by atomic mass is 32.1. The van der Waals surface area contributed by atoms with Crippen LogP contribution in [0.1, 0.15) is 12.7 Å². The third-order valence-corrected chi connectivity index (χ3v) is 4.58. The van der Waals surface area contributed by atoms with Crippen molar-refractivity contribution in [1.82, 2.24) is 14.9 Å². The summed E-state index contributed by atoms with van der Waals surface area (Å²) < 4.78 is 11.4. The molecule has 0 bridgehead atoms. The zero-order valence-corrected chi connectivity index (χ0v) is 15.3. The third-order valence-electron chi connectivity index (χ3n) is 3.67. The van der Waals surface area contributed by atoms with E-state index in [-0.39, 0.29) is 24.6 Å². The minimum absolute atomic E-state index is 0.102. The van der Waals surface area contributed by atoms with Crippen LogP contribution >= 0.6 is 11.3 Å². The maximum atomic E-state index is 12.2. The predicted molar refractivity (Wildman–Crippen MR) is 99.8 cm³/mol. The normalized spacial score (nSPS) is 10.7. The van der Waals surface area contributed by atoms with Gasteiger partial charge in [0.15, 0.2) is 6.61 Å². The molecule has 3 aromatic rings. The van der Waals surface area contributed by atoms with E-state index in [9.17, 15) is 9.59 Å². The van der Waals surface area contributed by atoms with Crippen LogP contribution in [-0.4, -0.2) is 41.0 Å². The van der Waals surface area contributed by atoms with Crippen molar-refractivity contribution in [2.75, 3.05) is 20.3 Å². The number of hydrogen-bond donors (Lipinski definition) is 1.